The molecule has 1 saturated heterocycles. The van der Waals surface area contributed by atoms with Gasteiger partial charge in [0.05, 0.1) is 32.9 Å². The Morgan fingerprint density at radius 3 is 2.56 bits per heavy atom. The van der Waals surface area contributed by atoms with E-state index >= 15 is 0 Å². The van der Waals surface area contributed by atoms with Crippen LogP contribution in [0.15, 0.2) is 39.7 Å². The minimum Gasteiger partial charge on any atom is -0.495 e. The second kappa shape index (κ2) is 8.45. The molecule has 1 heterocycles. The summed E-state index contributed by atoms with van der Waals surface area (Å²) >= 11 is 15.3. The highest BCUT2D eigenvalue weighted by Gasteiger charge is 2.22. The summed E-state index contributed by atoms with van der Waals surface area (Å²) < 4.78 is 34.2. The van der Waals surface area contributed by atoms with E-state index in [0.717, 1.165) is 31.9 Å². The second-order valence-corrected chi connectivity index (χ2v) is 9.24. The van der Waals surface area contributed by atoms with Crippen molar-refractivity contribution in [2.45, 2.75) is 4.90 Å². The zero-order valence-corrected chi connectivity index (χ0v) is 18.3. The van der Waals surface area contributed by atoms with E-state index in [2.05, 4.69) is 30.9 Å². The van der Waals surface area contributed by atoms with Gasteiger partial charge >= 0.3 is 0 Å². The molecule has 2 aromatic rings. The maximum atomic E-state index is 12.9. The number of hydrogen-bond donors (Lipinski definition) is 2. The van der Waals surface area contributed by atoms with E-state index in [9.17, 15) is 8.42 Å². The van der Waals surface area contributed by atoms with Gasteiger partial charge in [-0.25, -0.2) is 8.42 Å². The maximum Gasteiger partial charge on any atom is 0.262 e. The van der Waals surface area contributed by atoms with E-state index < -0.39 is 10.0 Å². The van der Waals surface area contributed by atoms with Gasteiger partial charge in [0.2, 0.25) is 0 Å². The van der Waals surface area contributed by atoms with Crippen LogP contribution in [0.4, 0.5) is 11.4 Å². The van der Waals surface area contributed by atoms with Crippen LogP contribution in [-0.2, 0) is 10.0 Å². The van der Waals surface area contributed by atoms with Crippen LogP contribution in [0.3, 0.4) is 0 Å². The van der Waals surface area contributed by atoms with Gasteiger partial charge in [-0.15, -0.1) is 0 Å². The summed E-state index contributed by atoms with van der Waals surface area (Å²) in [5.41, 5.74) is 1.01. The number of methoxy groups -OCH3 is 1. The van der Waals surface area contributed by atoms with Crippen molar-refractivity contribution in [2.75, 3.05) is 42.9 Å². The first kappa shape index (κ1) is 20.5. The molecule has 1 fully saturated rings. The SMILES string of the molecule is COc1ccc(S(=O)(=O)Nc2cc(Cl)cc(Cl)c2Br)cc1N1CCNCC1. The normalized spacial score (nSPS) is 14.9. The summed E-state index contributed by atoms with van der Waals surface area (Å²) in [4.78, 5) is 2.22. The molecule has 0 saturated carbocycles. The monoisotopic (exact) mass is 493 g/mol. The molecule has 0 atom stereocenters. The molecule has 0 amide bonds. The summed E-state index contributed by atoms with van der Waals surface area (Å²) in [5.74, 6) is 0.628. The van der Waals surface area contributed by atoms with Gasteiger partial charge in [0.1, 0.15) is 5.75 Å². The minimum atomic E-state index is -3.85. The topological polar surface area (TPSA) is 70.7 Å². The molecule has 0 radical (unpaired) electrons. The molecule has 10 heteroatoms. The third-order valence-electron chi connectivity index (χ3n) is 4.16. The molecule has 27 heavy (non-hydrogen) atoms. The molecule has 1 aliphatic heterocycles. The predicted molar refractivity (Wildman–Crippen MR) is 113 cm³/mol. The van der Waals surface area contributed by atoms with Crippen molar-refractivity contribution in [1.82, 2.24) is 5.32 Å². The Balaban J connectivity index is 1.97. The number of piperazine rings is 1. The van der Waals surface area contributed by atoms with Crippen LogP contribution in [0.1, 0.15) is 0 Å². The number of rotatable bonds is 5. The lowest BCUT2D eigenvalue weighted by molar-refractivity contribution is 0.412. The highest BCUT2D eigenvalue weighted by molar-refractivity contribution is 9.10. The van der Waals surface area contributed by atoms with Crippen LogP contribution in [0.2, 0.25) is 10.0 Å². The number of ether oxygens (including phenoxy) is 1. The van der Waals surface area contributed by atoms with Crippen molar-refractivity contribution in [3.63, 3.8) is 0 Å². The zero-order valence-electron chi connectivity index (χ0n) is 14.4. The Morgan fingerprint density at radius 2 is 1.89 bits per heavy atom. The summed E-state index contributed by atoms with van der Waals surface area (Å²) in [6, 6.07) is 7.81. The number of sulfonamides is 1. The van der Waals surface area contributed by atoms with Crippen molar-refractivity contribution >= 4 is 60.5 Å². The summed E-state index contributed by atoms with van der Waals surface area (Å²) in [5, 5.41) is 3.92. The third-order valence-corrected chi connectivity index (χ3v) is 7.12. The van der Waals surface area contributed by atoms with Crippen LogP contribution in [-0.4, -0.2) is 41.7 Å². The highest BCUT2D eigenvalue weighted by Crippen LogP contribution is 2.36. The van der Waals surface area contributed by atoms with Gasteiger partial charge in [-0.3, -0.25) is 4.72 Å². The Bertz CT molecular complexity index is 951. The van der Waals surface area contributed by atoms with Crippen molar-refractivity contribution in [1.29, 1.82) is 0 Å². The minimum absolute atomic E-state index is 0.125. The smallest absolute Gasteiger partial charge is 0.262 e. The Kier molecular flexibility index (Phi) is 6.43. The predicted octanol–water partition coefficient (Wildman–Crippen LogP) is 3.97. The van der Waals surface area contributed by atoms with E-state index in [1.165, 1.54) is 18.2 Å². The first-order chi connectivity index (χ1) is 12.8. The van der Waals surface area contributed by atoms with Crippen LogP contribution in [0.25, 0.3) is 0 Å². The molecular formula is C17H18BrCl2N3O3S. The fraction of sp³-hybridized carbons (Fsp3) is 0.294. The van der Waals surface area contributed by atoms with Gasteiger partial charge in [-0.1, -0.05) is 23.2 Å². The van der Waals surface area contributed by atoms with E-state index in [4.69, 9.17) is 27.9 Å². The number of hydrogen-bond acceptors (Lipinski definition) is 5. The van der Waals surface area contributed by atoms with Gasteiger partial charge in [-0.2, -0.15) is 0 Å². The average Bonchev–Trinajstić information content (AvgIpc) is 2.65. The molecule has 0 aliphatic carbocycles. The van der Waals surface area contributed by atoms with Crippen LogP contribution < -0.4 is 19.7 Å². The van der Waals surface area contributed by atoms with Crippen LogP contribution in [0.5, 0.6) is 5.75 Å². The largest absolute Gasteiger partial charge is 0.495 e. The number of halogens is 3. The summed E-state index contributed by atoms with van der Waals surface area (Å²) in [6.45, 7) is 3.18. The standard InChI is InChI=1S/C17H18BrCl2N3O3S/c1-26-16-3-2-12(10-15(16)23-6-4-21-5-7-23)27(24,25)22-14-9-11(19)8-13(20)17(14)18/h2-3,8-10,21-22H,4-7H2,1H3. The van der Waals surface area contributed by atoms with Crippen molar-refractivity contribution in [2.24, 2.45) is 0 Å². The molecule has 146 valence electrons. The summed E-state index contributed by atoms with van der Waals surface area (Å²) in [7, 11) is -2.28. The van der Waals surface area contributed by atoms with E-state index in [1.807, 2.05) is 0 Å². The van der Waals surface area contributed by atoms with Crippen molar-refractivity contribution in [3.8, 4) is 5.75 Å². The zero-order chi connectivity index (χ0) is 19.6. The lowest BCUT2D eigenvalue weighted by Gasteiger charge is -2.30. The average molecular weight is 495 g/mol. The van der Waals surface area contributed by atoms with Gasteiger partial charge < -0.3 is 15.0 Å². The highest BCUT2D eigenvalue weighted by atomic mass is 79.9. The fourth-order valence-electron chi connectivity index (χ4n) is 2.82. The molecule has 6 nitrogen and oxygen atoms in total. The lowest BCUT2D eigenvalue weighted by atomic mass is 10.2. The third kappa shape index (κ3) is 4.63. The molecule has 1 aliphatic rings. The van der Waals surface area contributed by atoms with Gasteiger partial charge in [0, 0.05) is 31.2 Å². The van der Waals surface area contributed by atoms with Crippen LogP contribution >= 0.6 is 39.1 Å². The second-order valence-electron chi connectivity index (χ2n) is 5.93. The Labute approximate surface area is 177 Å². The van der Waals surface area contributed by atoms with Gasteiger partial charge in [0.15, 0.2) is 0 Å². The van der Waals surface area contributed by atoms with E-state index in [0.29, 0.717) is 20.3 Å². The molecular weight excluding hydrogens is 477 g/mol. The molecule has 0 spiro atoms. The maximum absolute atomic E-state index is 12.9. The van der Waals surface area contributed by atoms with Crippen LogP contribution in [0, 0.1) is 0 Å². The molecule has 2 N–H and O–H groups in total. The van der Waals surface area contributed by atoms with Gasteiger partial charge in [0.25, 0.3) is 10.0 Å². The molecule has 0 aromatic heterocycles. The van der Waals surface area contributed by atoms with E-state index in [-0.39, 0.29) is 10.6 Å². The first-order valence-electron chi connectivity index (χ1n) is 8.13. The lowest BCUT2D eigenvalue weighted by Crippen LogP contribution is -2.43. The summed E-state index contributed by atoms with van der Waals surface area (Å²) in [6.07, 6.45) is 0. The Hall–Kier alpha value is -1.19. The molecule has 3 rings (SSSR count). The fourth-order valence-corrected chi connectivity index (χ4v) is 4.86. The number of anilines is 2. The van der Waals surface area contributed by atoms with Crippen molar-refractivity contribution in [3.05, 3.63) is 44.8 Å². The molecule has 0 bridgehead atoms. The Morgan fingerprint density at radius 1 is 1.19 bits per heavy atom. The molecule has 0 unspecified atom stereocenters. The first-order valence-corrected chi connectivity index (χ1v) is 11.2. The number of nitrogens with zero attached hydrogens (tertiary/aromatic N) is 1. The van der Waals surface area contributed by atoms with Gasteiger partial charge in [-0.05, 0) is 46.3 Å². The molecule has 2 aromatic carbocycles. The number of benzene rings is 2. The quantitative estimate of drug-likeness (QED) is 0.615. The van der Waals surface area contributed by atoms with E-state index in [1.54, 1.807) is 19.2 Å². The van der Waals surface area contributed by atoms with Crippen molar-refractivity contribution < 1.29 is 13.2 Å². The number of nitrogens with one attached hydrogen (secondary N) is 2.